The van der Waals surface area contributed by atoms with Crippen molar-refractivity contribution in [2.45, 2.75) is 52.2 Å². The lowest BCUT2D eigenvalue weighted by Gasteiger charge is -2.22. The summed E-state index contributed by atoms with van der Waals surface area (Å²) in [6, 6.07) is 11.0. The van der Waals surface area contributed by atoms with E-state index in [0.29, 0.717) is 27.7 Å². The van der Waals surface area contributed by atoms with Crippen LogP contribution >= 0.6 is 39.1 Å². The molecule has 0 fully saturated rings. The molecule has 1 unspecified atom stereocenters. The number of aliphatic hydroxyl groups is 1. The van der Waals surface area contributed by atoms with Crippen LogP contribution in [0.3, 0.4) is 0 Å². The summed E-state index contributed by atoms with van der Waals surface area (Å²) in [6.45, 7) is 15.4. The first kappa shape index (κ1) is 31.9. The number of halogens is 3. The summed E-state index contributed by atoms with van der Waals surface area (Å²) in [4.78, 5) is 24.3. The molecule has 0 saturated heterocycles. The van der Waals surface area contributed by atoms with Gasteiger partial charge in [0.2, 0.25) is 0 Å². The number of carbonyl (C=O) groups excluding carboxylic acids is 2. The summed E-state index contributed by atoms with van der Waals surface area (Å²) < 4.78 is 0. The second-order valence-corrected chi connectivity index (χ2v) is 22.0. The van der Waals surface area contributed by atoms with Gasteiger partial charge in [0.15, 0.2) is 0 Å². The van der Waals surface area contributed by atoms with Gasteiger partial charge in [0.25, 0.3) is 11.8 Å². The van der Waals surface area contributed by atoms with Crippen molar-refractivity contribution in [1.82, 2.24) is 10.6 Å². The third-order valence-electron chi connectivity index (χ3n) is 5.13. The average Bonchev–Trinajstić information content (AvgIpc) is 2.76. The first-order valence-corrected chi connectivity index (χ1v) is 20.4. The van der Waals surface area contributed by atoms with Gasteiger partial charge in [-0.3, -0.25) is 9.59 Å². The zero-order valence-electron chi connectivity index (χ0n) is 21.6. The highest BCUT2D eigenvalue weighted by Crippen LogP contribution is 2.18. The summed E-state index contributed by atoms with van der Waals surface area (Å²) in [7, 11) is -3.21. The molecule has 0 aliphatic rings. The molecule has 0 bridgehead atoms. The predicted molar refractivity (Wildman–Crippen MR) is 159 cm³/mol. The van der Waals surface area contributed by atoms with Crippen molar-refractivity contribution >= 4 is 77.5 Å². The molecule has 0 aliphatic carbocycles. The maximum atomic E-state index is 12.2. The van der Waals surface area contributed by atoms with Crippen LogP contribution in [0.5, 0.6) is 0 Å². The van der Waals surface area contributed by atoms with E-state index in [-0.39, 0.29) is 24.5 Å². The van der Waals surface area contributed by atoms with Crippen molar-refractivity contribution in [1.29, 1.82) is 0 Å². The van der Waals surface area contributed by atoms with Crippen molar-refractivity contribution in [3.63, 3.8) is 0 Å². The molecular weight excluding hydrogens is 583 g/mol. The monoisotopic (exact) mass is 618 g/mol. The van der Waals surface area contributed by atoms with Crippen LogP contribution in [0.25, 0.3) is 0 Å². The fraction of sp³-hybridized carbons (Fsp3) is 0.440. The minimum atomic E-state index is -1.64. The van der Waals surface area contributed by atoms with Crippen LogP contribution < -0.4 is 21.0 Å². The number of benzene rings is 2. The van der Waals surface area contributed by atoms with Crippen molar-refractivity contribution in [2.75, 3.05) is 18.5 Å². The molecule has 194 valence electrons. The van der Waals surface area contributed by atoms with Gasteiger partial charge in [-0.25, -0.2) is 0 Å². The lowest BCUT2D eigenvalue weighted by molar-refractivity contribution is 0.0921. The highest BCUT2D eigenvalue weighted by Gasteiger charge is 2.26. The molecule has 0 aliphatic heterocycles. The summed E-state index contributed by atoms with van der Waals surface area (Å²) >= 11 is 15.6. The van der Waals surface area contributed by atoms with Crippen LogP contribution in [-0.4, -0.2) is 57.6 Å². The Morgan fingerprint density at radius 1 is 0.886 bits per heavy atom. The van der Waals surface area contributed by atoms with Crippen molar-refractivity contribution in [3.8, 4) is 0 Å². The van der Waals surface area contributed by atoms with E-state index in [2.05, 4.69) is 65.8 Å². The Bertz CT molecular complexity index is 1020. The van der Waals surface area contributed by atoms with E-state index >= 15 is 0 Å². The van der Waals surface area contributed by atoms with E-state index in [1.165, 1.54) is 0 Å². The van der Waals surface area contributed by atoms with Crippen LogP contribution in [0, 0.1) is 0 Å². The number of alkyl halides is 1. The van der Waals surface area contributed by atoms with Gasteiger partial charge >= 0.3 is 0 Å². The molecule has 2 amide bonds. The maximum Gasteiger partial charge on any atom is 0.252 e. The first-order chi connectivity index (χ1) is 16.1. The predicted octanol–water partition coefficient (Wildman–Crippen LogP) is 5.01. The molecule has 0 saturated carbocycles. The molecule has 5 nitrogen and oxygen atoms in total. The third kappa shape index (κ3) is 9.66. The smallest absolute Gasteiger partial charge is 0.252 e. The average molecular weight is 621 g/mol. The molecule has 0 heterocycles. The summed E-state index contributed by atoms with van der Waals surface area (Å²) in [5.41, 5.74) is 1.20. The van der Waals surface area contributed by atoms with Gasteiger partial charge in [-0.15, -0.1) is 0 Å². The van der Waals surface area contributed by atoms with Crippen LogP contribution in [0.4, 0.5) is 0 Å². The Hall–Kier alpha value is -1.17. The van der Waals surface area contributed by atoms with Gasteiger partial charge in [-0.2, -0.15) is 0 Å². The molecule has 2 aromatic carbocycles. The Balaban J connectivity index is 0.000000351. The van der Waals surface area contributed by atoms with Gasteiger partial charge < -0.3 is 15.7 Å². The van der Waals surface area contributed by atoms with Gasteiger partial charge in [-0.05, 0) is 29.4 Å². The molecule has 0 radical (unpaired) electrons. The van der Waals surface area contributed by atoms with Crippen molar-refractivity contribution in [3.05, 3.63) is 57.6 Å². The number of hydrogen-bond donors (Lipinski definition) is 3. The topological polar surface area (TPSA) is 78.4 Å². The van der Waals surface area contributed by atoms with Gasteiger partial charge in [0, 0.05) is 17.9 Å². The van der Waals surface area contributed by atoms with E-state index < -0.39 is 16.1 Å². The normalized spacial score (nSPS) is 12.3. The minimum Gasteiger partial charge on any atom is -0.394 e. The molecule has 1 atom stereocenters. The van der Waals surface area contributed by atoms with Crippen molar-refractivity contribution in [2.24, 2.45) is 0 Å². The molecule has 2 rings (SSSR count). The summed E-state index contributed by atoms with van der Waals surface area (Å²) in [6.07, 6.45) is 0. The number of aliphatic hydroxyl groups excluding tert-OH is 1. The number of rotatable bonds is 8. The lowest BCUT2D eigenvalue weighted by Crippen LogP contribution is -2.45. The Labute approximate surface area is 230 Å². The second kappa shape index (κ2) is 14.0. The maximum absolute atomic E-state index is 12.2. The van der Waals surface area contributed by atoms with Crippen LogP contribution in [0.1, 0.15) is 27.6 Å². The van der Waals surface area contributed by atoms with Gasteiger partial charge in [-0.1, -0.05) is 103 Å². The molecule has 3 N–H and O–H groups in total. The number of amides is 2. The molecule has 0 aromatic heterocycles. The number of nitrogens with one attached hydrogen (secondary N) is 2. The number of hydrogen-bond acceptors (Lipinski definition) is 3. The van der Waals surface area contributed by atoms with Crippen LogP contribution in [0.15, 0.2) is 36.4 Å². The molecule has 0 spiro atoms. The fourth-order valence-corrected chi connectivity index (χ4v) is 7.42. The van der Waals surface area contributed by atoms with E-state index in [1.54, 1.807) is 19.1 Å². The van der Waals surface area contributed by atoms with Gasteiger partial charge in [0.1, 0.15) is 0 Å². The van der Waals surface area contributed by atoms with Gasteiger partial charge in [0.05, 0.1) is 43.9 Å². The Kier molecular flexibility index (Phi) is 12.7. The quantitative estimate of drug-likeness (QED) is 0.287. The zero-order chi connectivity index (χ0) is 27.0. The van der Waals surface area contributed by atoms with E-state index in [0.717, 1.165) is 15.7 Å². The first-order valence-electron chi connectivity index (χ1n) is 11.5. The highest BCUT2D eigenvalue weighted by atomic mass is 79.9. The van der Waals surface area contributed by atoms with E-state index in [1.807, 2.05) is 24.3 Å². The van der Waals surface area contributed by atoms with E-state index in [4.69, 9.17) is 28.3 Å². The molecule has 35 heavy (non-hydrogen) atoms. The summed E-state index contributed by atoms with van der Waals surface area (Å²) in [5, 5.41) is 18.5. The largest absolute Gasteiger partial charge is 0.394 e. The second-order valence-electron chi connectivity index (χ2n) is 10.3. The zero-order valence-corrected chi connectivity index (χ0v) is 26.7. The molecular formula is C25H37BrCl2N2O3Si2. The third-order valence-corrected chi connectivity index (χ3v) is 10.2. The summed E-state index contributed by atoms with van der Waals surface area (Å²) in [5.74, 6) is -0.285. The molecule has 2 aromatic rings. The Morgan fingerprint density at radius 3 is 1.69 bits per heavy atom. The Morgan fingerprint density at radius 2 is 1.31 bits per heavy atom. The van der Waals surface area contributed by atoms with Crippen molar-refractivity contribution < 1.29 is 14.7 Å². The highest BCUT2D eigenvalue weighted by molar-refractivity contribution is 9.09. The van der Waals surface area contributed by atoms with Crippen LogP contribution in [0.2, 0.25) is 49.3 Å². The van der Waals surface area contributed by atoms with E-state index in [9.17, 15) is 9.59 Å². The SMILES string of the molecule is CC(CO)NC(=O)c1c(Cl)cccc1[Si](C)(C)C.C[Si](C)(C)c1cccc(Cl)c1C(=O)NCCBr. The standard InChI is InChI=1S/C13H20ClNO2Si.C12H17BrClNOSi/c1-9(8-16)15-13(17)12-10(14)6-5-7-11(12)18(2,3)4;1-17(2,3)10-6-4-5-9(14)11(10)12(16)15-8-7-13/h5-7,9,16H,8H2,1-4H3,(H,15,17);4-6H,7-8H2,1-3H3,(H,15,16). The molecule has 10 heteroatoms. The number of carbonyl (C=O) groups is 2. The van der Waals surface area contributed by atoms with Crippen LogP contribution in [-0.2, 0) is 0 Å². The minimum absolute atomic E-state index is 0.0764. The fourth-order valence-electron chi connectivity index (χ4n) is 3.35. The lowest BCUT2D eigenvalue weighted by atomic mass is 10.2.